The second-order valence-electron chi connectivity index (χ2n) is 3.10. The van der Waals surface area contributed by atoms with Crippen molar-refractivity contribution in [3.05, 3.63) is 49.2 Å². The van der Waals surface area contributed by atoms with E-state index in [1.807, 2.05) is 12.3 Å². The Morgan fingerprint density at radius 2 is 2.33 bits per heavy atom. The molecule has 0 radical (unpaired) electrons. The first kappa shape index (κ1) is 9.85. The Bertz CT molecular complexity index is 581. The van der Waals surface area contributed by atoms with Crippen LogP contribution in [0.5, 0.6) is 0 Å². The SMILES string of the molecule is Cc1nc(Cn2ccc(=O)[nH]c2=O)cs1. The predicted molar refractivity (Wildman–Crippen MR) is 57.3 cm³/mol. The molecular weight excluding hydrogens is 214 g/mol. The van der Waals surface area contributed by atoms with E-state index in [1.54, 1.807) is 0 Å². The summed E-state index contributed by atoms with van der Waals surface area (Å²) >= 11 is 1.53. The molecule has 0 bridgehead atoms. The van der Waals surface area contributed by atoms with Crippen molar-refractivity contribution in [2.24, 2.45) is 0 Å². The third-order valence-corrected chi connectivity index (χ3v) is 2.72. The van der Waals surface area contributed by atoms with Crippen molar-refractivity contribution in [1.82, 2.24) is 14.5 Å². The van der Waals surface area contributed by atoms with Gasteiger partial charge in [0.2, 0.25) is 0 Å². The van der Waals surface area contributed by atoms with Crippen LogP contribution in [0.1, 0.15) is 10.7 Å². The summed E-state index contributed by atoms with van der Waals surface area (Å²) in [4.78, 5) is 28.6. The summed E-state index contributed by atoms with van der Waals surface area (Å²) < 4.78 is 1.41. The number of thiazole rings is 1. The second kappa shape index (κ2) is 3.82. The summed E-state index contributed by atoms with van der Waals surface area (Å²) in [7, 11) is 0. The Morgan fingerprint density at radius 1 is 1.53 bits per heavy atom. The number of nitrogens with zero attached hydrogens (tertiary/aromatic N) is 2. The molecule has 0 aliphatic rings. The molecule has 78 valence electrons. The summed E-state index contributed by atoms with van der Waals surface area (Å²) in [5.41, 5.74) is 0.0329. The van der Waals surface area contributed by atoms with Crippen molar-refractivity contribution in [3.8, 4) is 0 Å². The smallest absolute Gasteiger partial charge is 0.295 e. The molecular formula is C9H9N3O2S. The van der Waals surface area contributed by atoms with Gasteiger partial charge in [-0.3, -0.25) is 14.3 Å². The van der Waals surface area contributed by atoms with E-state index in [4.69, 9.17) is 0 Å². The minimum absolute atomic E-state index is 0.384. The average Bonchev–Trinajstić information content (AvgIpc) is 2.56. The van der Waals surface area contributed by atoms with E-state index in [-0.39, 0.29) is 5.56 Å². The zero-order valence-corrected chi connectivity index (χ0v) is 8.87. The summed E-state index contributed by atoms with van der Waals surface area (Å²) in [5, 5.41) is 2.86. The highest BCUT2D eigenvalue weighted by molar-refractivity contribution is 7.09. The average molecular weight is 223 g/mol. The van der Waals surface area contributed by atoms with Crippen molar-refractivity contribution in [3.63, 3.8) is 0 Å². The standard InChI is InChI=1S/C9H9N3O2S/c1-6-10-7(5-15-6)4-12-3-2-8(13)11-9(12)14/h2-3,5H,4H2,1H3,(H,11,13,14). The van der Waals surface area contributed by atoms with Crippen molar-refractivity contribution < 1.29 is 0 Å². The quantitative estimate of drug-likeness (QED) is 0.798. The number of hydrogen-bond acceptors (Lipinski definition) is 4. The molecule has 2 aromatic heterocycles. The highest BCUT2D eigenvalue weighted by atomic mass is 32.1. The molecule has 0 saturated carbocycles. The van der Waals surface area contributed by atoms with Gasteiger partial charge in [0.1, 0.15) is 0 Å². The first-order chi connectivity index (χ1) is 7.15. The second-order valence-corrected chi connectivity index (χ2v) is 4.16. The highest BCUT2D eigenvalue weighted by Crippen LogP contribution is 2.08. The lowest BCUT2D eigenvalue weighted by Crippen LogP contribution is -2.28. The lowest BCUT2D eigenvalue weighted by atomic mass is 10.4. The largest absolute Gasteiger partial charge is 0.328 e. The molecule has 0 aromatic carbocycles. The van der Waals surface area contributed by atoms with Crippen LogP contribution < -0.4 is 11.2 Å². The molecule has 2 aromatic rings. The summed E-state index contributed by atoms with van der Waals surface area (Å²) in [6.07, 6.45) is 1.47. The van der Waals surface area contributed by atoms with Gasteiger partial charge in [-0.05, 0) is 6.92 Å². The zero-order chi connectivity index (χ0) is 10.8. The van der Waals surface area contributed by atoms with Gasteiger partial charge in [-0.1, -0.05) is 0 Å². The Morgan fingerprint density at radius 3 is 2.93 bits per heavy atom. The van der Waals surface area contributed by atoms with E-state index >= 15 is 0 Å². The number of H-pyrrole nitrogens is 1. The van der Waals surface area contributed by atoms with Crippen molar-refractivity contribution in [1.29, 1.82) is 0 Å². The van der Waals surface area contributed by atoms with E-state index < -0.39 is 5.69 Å². The molecule has 0 aliphatic heterocycles. The topological polar surface area (TPSA) is 67.8 Å². The maximum Gasteiger partial charge on any atom is 0.328 e. The number of aromatic nitrogens is 3. The number of rotatable bonds is 2. The van der Waals surface area contributed by atoms with Crippen LogP contribution >= 0.6 is 11.3 Å². The van der Waals surface area contributed by atoms with Crippen LogP contribution in [0.4, 0.5) is 0 Å². The first-order valence-electron chi connectivity index (χ1n) is 4.36. The fourth-order valence-corrected chi connectivity index (χ4v) is 1.83. The van der Waals surface area contributed by atoms with Crippen LogP contribution in [0.25, 0.3) is 0 Å². The molecule has 0 unspecified atom stereocenters. The van der Waals surface area contributed by atoms with E-state index in [0.29, 0.717) is 6.54 Å². The van der Waals surface area contributed by atoms with Gasteiger partial charge >= 0.3 is 5.69 Å². The minimum Gasteiger partial charge on any atom is -0.295 e. The Kier molecular flexibility index (Phi) is 2.51. The molecule has 0 atom stereocenters. The van der Waals surface area contributed by atoms with E-state index in [2.05, 4.69) is 9.97 Å². The van der Waals surface area contributed by atoms with Gasteiger partial charge in [0, 0.05) is 17.6 Å². The van der Waals surface area contributed by atoms with Crippen LogP contribution in [0.2, 0.25) is 0 Å². The third-order valence-electron chi connectivity index (χ3n) is 1.90. The highest BCUT2D eigenvalue weighted by Gasteiger charge is 2.01. The molecule has 6 heteroatoms. The van der Waals surface area contributed by atoms with E-state index in [9.17, 15) is 9.59 Å². The predicted octanol–water partition coefficient (Wildman–Crippen LogP) is 0.350. The maximum absolute atomic E-state index is 11.3. The van der Waals surface area contributed by atoms with Crippen LogP contribution in [0.3, 0.4) is 0 Å². The summed E-state index contributed by atoms with van der Waals surface area (Å²) in [6.45, 7) is 2.30. The molecule has 15 heavy (non-hydrogen) atoms. The zero-order valence-electron chi connectivity index (χ0n) is 8.06. The number of hydrogen-bond donors (Lipinski definition) is 1. The molecule has 2 rings (SSSR count). The molecule has 0 spiro atoms. The lowest BCUT2D eigenvalue weighted by Gasteiger charge is -2.00. The van der Waals surface area contributed by atoms with Gasteiger partial charge in [0.25, 0.3) is 5.56 Å². The number of aromatic amines is 1. The Labute approximate surface area is 89.1 Å². The van der Waals surface area contributed by atoms with Crippen molar-refractivity contribution >= 4 is 11.3 Å². The van der Waals surface area contributed by atoms with Gasteiger partial charge in [-0.25, -0.2) is 9.78 Å². The third kappa shape index (κ3) is 2.21. The fourth-order valence-electron chi connectivity index (χ4n) is 1.22. The van der Waals surface area contributed by atoms with Crippen LogP contribution in [0.15, 0.2) is 27.2 Å². The molecule has 5 nitrogen and oxygen atoms in total. The maximum atomic E-state index is 11.3. The summed E-state index contributed by atoms with van der Waals surface area (Å²) in [6, 6.07) is 1.32. The monoisotopic (exact) mass is 223 g/mol. The van der Waals surface area contributed by atoms with Crippen LogP contribution in [-0.2, 0) is 6.54 Å². The van der Waals surface area contributed by atoms with Gasteiger partial charge in [-0.2, -0.15) is 0 Å². The summed E-state index contributed by atoms with van der Waals surface area (Å²) in [5.74, 6) is 0. The number of nitrogens with one attached hydrogen (secondary N) is 1. The van der Waals surface area contributed by atoms with Gasteiger partial charge < -0.3 is 0 Å². The minimum atomic E-state index is -0.409. The van der Waals surface area contributed by atoms with Gasteiger partial charge in [-0.15, -0.1) is 11.3 Å². The fraction of sp³-hybridized carbons (Fsp3) is 0.222. The molecule has 0 saturated heterocycles. The molecule has 0 fully saturated rings. The van der Waals surface area contributed by atoms with E-state index in [0.717, 1.165) is 10.7 Å². The first-order valence-corrected chi connectivity index (χ1v) is 5.24. The van der Waals surface area contributed by atoms with Crippen LogP contribution in [0, 0.1) is 6.92 Å². The molecule has 0 amide bonds. The Balaban J connectivity index is 2.32. The van der Waals surface area contributed by atoms with Gasteiger partial charge in [0.05, 0.1) is 17.2 Å². The molecule has 1 N–H and O–H groups in total. The molecule has 0 aliphatic carbocycles. The van der Waals surface area contributed by atoms with Crippen molar-refractivity contribution in [2.45, 2.75) is 13.5 Å². The molecule has 2 heterocycles. The normalized spacial score (nSPS) is 10.5. The van der Waals surface area contributed by atoms with E-state index in [1.165, 1.54) is 28.2 Å². The Hall–Kier alpha value is -1.69. The van der Waals surface area contributed by atoms with Gasteiger partial charge in [0.15, 0.2) is 0 Å². The van der Waals surface area contributed by atoms with Crippen molar-refractivity contribution in [2.75, 3.05) is 0 Å². The van der Waals surface area contributed by atoms with Crippen LogP contribution in [-0.4, -0.2) is 14.5 Å². The number of aryl methyl sites for hydroxylation is 1. The lowest BCUT2D eigenvalue weighted by molar-refractivity contribution is 0.707.